The molecule has 13 aromatic rings. The quantitative estimate of drug-likeness (QED) is 0.135. The molecule has 0 saturated carbocycles. The number of fused-ring (bicyclic) bond motifs is 2. The molecular formula is C62H41N3O. The topological polar surface area (TPSA) is 24.6 Å². The lowest BCUT2D eigenvalue weighted by Gasteiger charge is -2.25. The van der Waals surface area contributed by atoms with Gasteiger partial charge in [0.25, 0.3) is 0 Å². The third-order valence-electron chi connectivity index (χ3n) is 13.1. The van der Waals surface area contributed by atoms with Gasteiger partial charge in [0, 0.05) is 55.8 Å². The van der Waals surface area contributed by atoms with Crippen molar-refractivity contribution in [1.29, 1.82) is 0 Å². The SMILES string of the molecule is c1ccc(N(c2ccccc2)c2ccc(-c3cc4cc5c(cc(-c6ccc(N(c7ccccc7)c7ccccc7)cc6)n5-c5ccc6ccc7cccc8ccc5c6c78)cc4o3)cc2)cc1. The molecule has 0 radical (unpaired) electrons. The summed E-state index contributed by atoms with van der Waals surface area (Å²) in [6.07, 6.45) is 0. The van der Waals surface area contributed by atoms with Crippen molar-refractivity contribution in [1.82, 2.24) is 4.57 Å². The molecule has 0 spiro atoms. The molecule has 13 rings (SSSR count). The van der Waals surface area contributed by atoms with Crippen molar-refractivity contribution in [2.75, 3.05) is 9.80 Å². The lowest BCUT2D eigenvalue weighted by Crippen LogP contribution is -2.09. The van der Waals surface area contributed by atoms with Gasteiger partial charge in [-0.2, -0.15) is 0 Å². The standard InChI is InChI=1S/C62H41N3O/c1-5-16-49(17-6-1)63(50-18-7-2-8-19-50)53-32-26-42(27-33-53)57-38-47-40-60-48(39-58(47)65(57)56-37-31-46-25-24-44-14-13-15-45-30-36-55(56)62(46)61(44)45)41-59(66-60)43-28-34-54(35-29-43)64(51-20-9-3-10-21-51)52-22-11-4-12-23-52/h1-41H. The Morgan fingerprint density at radius 1 is 0.318 bits per heavy atom. The Labute approximate surface area is 382 Å². The molecule has 0 bridgehead atoms. The zero-order valence-electron chi connectivity index (χ0n) is 35.9. The van der Waals surface area contributed by atoms with E-state index < -0.39 is 0 Å². The van der Waals surface area contributed by atoms with E-state index in [1.54, 1.807) is 0 Å². The Bertz CT molecular complexity index is 3750. The summed E-state index contributed by atoms with van der Waals surface area (Å²) in [6.45, 7) is 0. The van der Waals surface area contributed by atoms with Crippen LogP contribution >= 0.6 is 0 Å². The zero-order chi connectivity index (χ0) is 43.6. The number of hydrogen-bond donors (Lipinski definition) is 0. The molecule has 0 unspecified atom stereocenters. The van der Waals surface area contributed by atoms with Gasteiger partial charge in [-0.1, -0.05) is 133 Å². The lowest BCUT2D eigenvalue weighted by atomic mass is 9.93. The van der Waals surface area contributed by atoms with Crippen LogP contribution in [0.15, 0.2) is 253 Å². The van der Waals surface area contributed by atoms with Crippen molar-refractivity contribution in [2.45, 2.75) is 0 Å². The van der Waals surface area contributed by atoms with Crippen LogP contribution in [0.4, 0.5) is 34.1 Å². The molecule has 0 aliphatic heterocycles. The Hall–Kier alpha value is -8.86. The molecule has 0 N–H and O–H groups in total. The highest BCUT2D eigenvalue weighted by Gasteiger charge is 2.21. The van der Waals surface area contributed by atoms with Gasteiger partial charge in [0.2, 0.25) is 0 Å². The molecule has 310 valence electrons. The Balaban J connectivity index is 0.954. The van der Waals surface area contributed by atoms with Gasteiger partial charge in [-0.25, -0.2) is 0 Å². The van der Waals surface area contributed by atoms with Gasteiger partial charge in [0.05, 0.1) is 16.9 Å². The number of para-hydroxylation sites is 4. The van der Waals surface area contributed by atoms with E-state index in [0.717, 1.165) is 84.3 Å². The molecule has 4 heteroatoms. The van der Waals surface area contributed by atoms with Gasteiger partial charge in [-0.05, 0) is 148 Å². The second-order valence-corrected chi connectivity index (χ2v) is 17.0. The minimum Gasteiger partial charge on any atom is -0.456 e. The fourth-order valence-corrected chi connectivity index (χ4v) is 10.0. The smallest absolute Gasteiger partial charge is 0.135 e. The summed E-state index contributed by atoms with van der Waals surface area (Å²) < 4.78 is 9.20. The van der Waals surface area contributed by atoms with Gasteiger partial charge in [-0.3, -0.25) is 0 Å². The Morgan fingerprint density at radius 3 is 1.33 bits per heavy atom. The van der Waals surface area contributed by atoms with Gasteiger partial charge < -0.3 is 18.8 Å². The van der Waals surface area contributed by atoms with E-state index in [2.05, 4.69) is 263 Å². The second-order valence-electron chi connectivity index (χ2n) is 17.0. The summed E-state index contributed by atoms with van der Waals surface area (Å²) in [5.74, 6) is 0.835. The van der Waals surface area contributed by atoms with E-state index in [9.17, 15) is 0 Å². The van der Waals surface area contributed by atoms with Crippen molar-refractivity contribution in [3.05, 3.63) is 249 Å². The summed E-state index contributed by atoms with van der Waals surface area (Å²) in [5.41, 5.74) is 13.0. The summed E-state index contributed by atoms with van der Waals surface area (Å²) in [4.78, 5) is 4.59. The summed E-state index contributed by atoms with van der Waals surface area (Å²) in [6, 6.07) is 89.2. The van der Waals surface area contributed by atoms with Crippen LogP contribution in [-0.4, -0.2) is 4.57 Å². The lowest BCUT2D eigenvalue weighted by molar-refractivity contribution is 0.632. The van der Waals surface area contributed by atoms with Crippen molar-refractivity contribution >= 4 is 88.3 Å². The first-order valence-corrected chi connectivity index (χ1v) is 22.5. The third-order valence-corrected chi connectivity index (χ3v) is 13.1. The van der Waals surface area contributed by atoms with E-state index in [0.29, 0.717) is 0 Å². The second kappa shape index (κ2) is 15.4. The number of rotatable bonds is 9. The van der Waals surface area contributed by atoms with E-state index >= 15 is 0 Å². The summed E-state index contributed by atoms with van der Waals surface area (Å²) >= 11 is 0. The van der Waals surface area contributed by atoms with Crippen LogP contribution in [0.2, 0.25) is 0 Å². The Kier molecular flexibility index (Phi) is 8.81. The Morgan fingerprint density at radius 2 is 0.788 bits per heavy atom. The predicted octanol–water partition coefficient (Wildman–Crippen LogP) is 17.5. The van der Waals surface area contributed by atoms with Crippen LogP contribution in [0, 0.1) is 0 Å². The average molecular weight is 844 g/mol. The third kappa shape index (κ3) is 6.30. The van der Waals surface area contributed by atoms with Gasteiger partial charge >= 0.3 is 0 Å². The first kappa shape index (κ1) is 37.7. The number of benzene rings is 11. The molecule has 2 aromatic heterocycles. The summed E-state index contributed by atoms with van der Waals surface area (Å²) in [5, 5.41) is 9.74. The fourth-order valence-electron chi connectivity index (χ4n) is 10.0. The maximum atomic E-state index is 6.74. The van der Waals surface area contributed by atoms with E-state index in [-0.39, 0.29) is 0 Å². The average Bonchev–Trinajstić information content (AvgIpc) is 3.98. The van der Waals surface area contributed by atoms with Gasteiger partial charge in [0.15, 0.2) is 0 Å². The number of aromatic nitrogens is 1. The highest BCUT2D eigenvalue weighted by atomic mass is 16.3. The van der Waals surface area contributed by atoms with Crippen molar-refractivity contribution < 1.29 is 4.42 Å². The van der Waals surface area contributed by atoms with E-state index in [4.69, 9.17) is 4.42 Å². The van der Waals surface area contributed by atoms with E-state index in [1.807, 2.05) is 0 Å². The molecule has 0 atom stereocenters. The van der Waals surface area contributed by atoms with Crippen LogP contribution < -0.4 is 9.80 Å². The number of hydrogen-bond acceptors (Lipinski definition) is 3. The molecule has 11 aromatic carbocycles. The maximum absolute atomic E-state index is 6.74. The first-order chi connectivity index (χ1) is 32.7. The number of nitrogens with zero attached hydrogens (tertiary/aromatic N) is 3. The predicted molar refractivity (Wildman–Crippen MR) is 277 cm³/mol. The molecule has 4 nitrogen and oxygen atoms in total. The van der Waals surface area contributed by atoms with Crippen LogP contribution in [0.5, 0.6) is 0 Å². The zero-order valence-corrected chi connectivity index (χ0v) is 35.9. The molecule has 2 heterocycles. The molecule has 0 aliphatic rings. The van der Waals surface area contributed by atoms with Crippen LogP contribution in [-0.2, 0) is 0 Å². The monoisotopic (exact) mass is 843 g/mol. The fraction of sp³-hybridized carbons (Fsp3) is 0. The normalized spacial score (nSPS) is 11.6. The first-order valence-electron chi connectivity index (χ1n) is 22.5. The molecule has 0 fully saturated rings. The van der Waals surface area contributed by atoms with Crippen molar-refractivity contribution in [3.63, 3.8) is 0 Å². The maximum Gasteiger partial charge on any atom is 0.135 e. The van der Waals surface area contributed by atoms with Crippen LogP contribution in [0.1, 0.15) is 0 Å². The number of anilines is 6. The minimum atomic E-state index is 0.835. The summed E-state index contributed by atoms with van der Waals surface area (Å²) in [7, 11) is 0. The highest BCUT2D eigenvalue weighted by molar-refractivity contribution is 6.24. The highest BCUT2D eigenvalue weighted by Crippen LogP contribution is 2.44. The van der Waals surface area contributed by atoms with Crippen molar-refractivity contribution in [3.8, 4) is 28.3 Å². The van der Waals surface area contributed by atoms with Crippen molar-refractivity contribution in [2.24, 2.45) is 0 Å². The number of furan rings is 1. The largest absolute Gasteiger partial charge is 0.456 e. The van der Waals surface area contributed by atoms with E-state index in [1.165, 1.54) is 32.3 Å². The van der Waals surface area contributed by atoms with Crippen LogP contribution in [0.3, 0.4) is 0 Å². The molecular weight excluding hydrogens is 803 g/mol. The molecule has 0 aliphatic carbocycles. The van der Waals surface area contributed by atoms with Gasteiger partial charge in [-0.15, -0.1) is 0 Å². The molecule has 0 saturated heterocycles. The molecule has 0 amide bonds. The molecule has 66 heavy (non-hydrogen) atoms. The minimum absolute atomic E-state index is 0.835. The van der Waals surface area contributed by atoms with Gasteiger partial charge in [0.1, 0.15) is 11.3 Å². The van der Waals surface area contributed by atoms with Crippen LogP contribution in [0.25, 0.3) is 82.5 Å².